The Morgan fingerprint density at radius 2 is 0.818 bits per heavy atom. The Morgan fingerprint density at radius 1 is 0.309 bits per heavy atom. The number of hydrogen-bond donors (Lipinski definition) is 0. The number of benzene rings is 9. The summed E-state index contributed by atoms with van der Waals surface area (Å²) >= 11 is 1.90. The predicted molar refractivity (Wildman–Crippen MR) is 231 cm³/mol. The van der Waals surface area contributed by atoms with Gasteiger partial charge in [0.15, 0.2) is 0 Å². The van der Waals surface area contributed by atoms with Crippen molar-refractivity contribution in [3.05, 3.63) is 235 Å². The van der Waals surface area contributed by atoms with E-state index in [0.29, 0.717) is 0 Å². The minimum atomic E-state index is -0.418. The number of fused-ring (bicyclic) bond motifs is 11. The third kappa shape index (κ3) is 4.88. The van der Waals surface area contributed by atoms with Crippen LogP contribution in [0.15, 0.2) is 222 Å². The van der Waals surface area contributed by atoms with Crippen LogP contribution in [0.25, 0.3) is 44.2 Å². The van der Waals surface area contributed by atoms with Gasteiger partial charge in [-0.15, -0.1) is 0 Å². The van der Waals surface area contributed by atoms with E-state index in [1.54, 1.807) is 0 Å². The van der Waals surface area contributed by atoms with E-state index in [2.05, 4.69) is 217 Å². The molecule has 1 aliphatic heterocycles. The van der Waals surface area contributed by atoms with Gasteiger partial charge in [0, 0.05) is 26.9 Å². The van der Waals surface area contributed by atoms with Crippen LogP contribution in [0.4, 0.5) is 17.1 Å². The SMILES string of the molecule is c1ccc(-c2ccc(N(c3ccccc3)c3ccc(-c4cccc5c6c(ccc45)Sc4ccccc4C64c5ccccc5-c5ccccc54)cc3)cc2)cc1. The summed E-state index contributed by atoms with van der Waals surface area (Å²) < 4.78 is 0. The minimum Gasteiger partial charge on any atom is -0.311 e. The van der Waals surface area contributed by atoms with Crippen molar-refractivity contribution < 1.29 is 0 Å². The molecule has 9 aromatic rings. The monoisotopic (exact) mass is 717 g/mol. The van der Waals surface area contributed by atoms with E-state index < -0.39 is 5.41 Å². The van der Waals surface area contributed by atoms with Gasteiger partial charge in [0.25, 0.3) is 0 Å². The van der Waals surface area contributed by atoms with Crippen molar-refractivity contribution in [2.45, 2.75) is 15.2 Å². The average Bonchev–Trinajstić information content (AvgIpc) is 3.55. The summed E-state index contributed by atoms with van der Waals surface area (Å²) in [6, 6.07) is 78.0. The molecule has 0 radical (unpaired) electrons. The number of anilines is 3. The van der Waals surface area contributed by atoms with Gasteiger partial charge in [-0.2, -0.15) is 0 Å². The molecule has 2 aliphatic rings. The Kier molecular flexibility index (Phi) is 7.40. The highest BCUT2D eigenvalue weighted by Crippen LogP contribution is 2.63. The number of hydrogen-bond acceptors (Lipinski definition) is 2. The first kappa shape index (κ1) is 31.9. The standard InChI is InChI=1S/C53H35NS/c1-3-14-36(15-4-1)37-26-30-40(31-27-37)54(39-16-5-2-6-17-39)41-32-28-38(29-33-41)42-20-13-21-46-43(42)34-35-51-52(46)53(49-24-11-12-25-50(49)55-51)47-22-9-7-18-44(47)45-19-8-10-23-48(45)53/h1-35H. The van der Waals surface area contributed by atoms with Crippen molar-refractivity contribution >= 4 is 39.6 Å². The van der Waals surface area contributed by atoms with Crippen molar-refractivity contribution in [2.75, 3.05) is 4.90 Å². The number of para-hydroxylation sites is 1. The lowest BCUT2D eigenvalue weighted by molar-refractivity contribution is 0.730. The molecule has 0 amide bonds. The molecule has 0 aromatic heterocycles. The molecule has 9 aromatic carbocycles. The van der Waals surface area contributed by atoms with Gasteiger partial charge < -0.3 is 4.90 Å². The van der Waals surface area contributed by atoms with Gasteiger partial charge in [-0.1, -0.05) is 176 Å². The van der Waals surface area contributed by atoms with Gasteiger partial charge in [-0.25, -0.2) is 0 Å². The minimum absolute atomic E-state index is 0.418. The fraction of sp³-hybridized carbons (Fsp3) is 0.0189. The predicted octanol–water partition coefficient (Wildman–Crippen LogP) is 14.5. The van der Waals surface area contributed by atoms with Gasteiger partial charge in [-0.3, -0.25) is 0 Å². The lowest BCUT2D eigenvalue weighted by Crippen LogP contribution is -2.32. The number of rotatable bonds is 5. The molecule has 1 spiro atoms. The van der Waals surface area contributed by atoms with E-state index in [1.165, 1.54) is 76.2 Å². The first-order valence-electron chi connectivity index (χ1n) is 18.9. The molecular weight excluding hydrogens is 683 g/mol. The molecule has 0 N–H and O–H groups in total. The Balaban J connectivity index is 1.06. The molecule has 1 nitrogen and oxygen atoms in total. The lowest BCUT2D eigenvalue weighted by atomic mass is 9.66. The molecule has 258 valence electrons. The van der Waals surface area contributed by atoms with Crippen LogP contribution in [-0.2, 0) is 5.41 Å². The molecule has 0 saturated carbocycles. The third-order valence-corrected chi connectivity index (χ3v) is 12.7. The molecule has 0 saturated heterocycles. The van der Waals surface area contributed by atoms with Crippen molar-refractivity contribution in [3.63, 3.8) is 0 Å². The summed E-state index contributed by atoms with van der Waals surface area (Å²) in [4.78, 5) is 4.98. The van der Waals surface area contributed by atoms with E-state index >= 15 is 0 Å². The summed E-state index contributed by atoms with van der Waals surface area (Å²) in [6.07, 6.45) is 0. The van der Waals surface area contributed by atoms with Gasteiger partial charge in [0.1, 0.15) is 0 Å². The van der Waals surface area contributed by atoms with Crippen LogP contribution in [0.5, 0.6) is 0 Å². The van der Waals surface area contributed by atoms with Gasteiger partial charge >= 0.3 is 0 Å². The molecule has 0 bridgehead atoms. The van der Waals surface area contributed by atoms with Crippen molar-refractivity contribution in [3.8, 4) is 33.4 Å². The molecule has 2 heteroatoms. The van der Waals surface area contributed by atoms with Crippen LogP contribution in [0, 0.1) is 0 Å². The molecule has 11 rings (SSSR count). The summed E-state index contributed by atoms with van der Waals surface area (Å²) in [5, 5.41) is 2.57. The van der Waals surface area contributed by atoms with Crippen LogP contribution in [0.3, 0.4) is 0 Å². The van der Waals surface area contributed by atoms with Gasteiger partial charge in [0.2, 0.25) is 0 Å². The largest absolute Gasteiger partial charge is 0.311 e. The lowest BCUT2D eigenvalue weighted by Gasteiger charge is -2.40. The van der Waals surface area contributed by atoms with E-state index in [-0.39, 0.29) is 0 Å². The number of nitrogens with zero attached hydrogens (tertiary/aromatic N) is 1. The van der Waals surface area contributed by atoms with Crippen LogP contribution < -0.4 is 4.90 Å². The van der Waals surface area contributed by atoms with E-state index in [0.717, 1.165) is 17.1 Å². The Hall–Kier alpha value is -6.61. The fourth-order valence-corrected chi connectivity index (χ4v) is 10.4. The average molecular weight is 718 g/mol. The Bertz CT molecular complexity index is 2830. The second kappa shape index (κ2) is 12.8. The zero-order valence-corrected chi connectivity index (χ0v) is 30.9. The Morgan fingerprint density at radius 3 is 1.49 bits per heavy atom. The molecule has 0 unspecified atom stereocenters. The maximum atomic E-state index is 2.37. The van der Waals surface area contributed by atoms with Crippen LogP contribution in [-0.4, -0.2) is 0 Å². The molecule has 55 heavy (non-hydrogen) atoms. The highest BCUT2D eigenvalue weighted by Gasteiger charge is 2.50. The van der Waals surface area contributed by atoms with Crippen LogP contribution in [0.2, 0.25) is 0 Å². The first-order chi connectivity index (χ1) is 27.3. The summed E-state index contributed by atoms with van der Waals surface area (Å²) in [5.41, 5.74) is 15.9. The molecular formula is C53H35NS. The molecule has 0 fully saturated rings. The van der Waals surface area contributed by atoms with Gasteiger partial charge in [-0.05, 0) is 115 Å². The first-order valence-corrected chi connectivity index (χ1v) is 19.7. The smallest absolute Gasteiger partial charge is 0.0741 e. The highest BCUT2D eigenvalue weighted by atomic mass is 32.2. The normalized spacial score (nSPS) is 13.2. The van der Waals surface area contributed by atoms with Crippen molar-refractivity contribution in [2.24, 2.45) is 0 Å². The van der Waals surface area contributed by atoms with E-state index in [4.69, 9.17) is 0 Å². The topological polar surface area (TPSA) is 3.24 Å². The molecule has 1 heterocycles. The third-order valence-electron chi connectivity index (χ3n) is 11.5. The van der Waals surface area contributed by atoms with E-state index in [9.17, 15) is 0 Å². The van der Waals surface area contributed by atoms with Gasteiger partial charge in [0.05, 0.1) is 5.41 Å². The summed E-state index contributed by atoms with van der Waals surface area (Å²) in [5.74, 6) is 0. The summed E-state index contributed by atoms with van der Waals surface area (Å²) in [7, 11) is 0. The zero-order chi connectivity index (χ0) is 36.3. The second-order valence-electron chi connectivity index (χ2n) is 14.4. The quantitative estimate of drug-likeness (QED) is 0.174. The fourth-order valence-electron chi connectivity index (χ4n) is 9.22. The maximum absolute atomic E-state index is 2.37. The maximum Gasteiger partial charge on any atom is 0.0741 e. The van der Waals surface area contributed by atoms with Crippen LogP contribution in [0.1, 0.15) is 22.3 Å². The zero-order valence-electron chi connectivity index (χ0n) is 30.1. The van der Waals surface area contributed by atoms with Crippen molar-refractivity contribution in [1.82, 2.24) is 0 Å². The van der Waals surface area contributed by atoms with Crippen LogP contribution >= 0.6 is 11.8 Å². The van der Waals surface area contributed by atoms with E-state index in [1.807, 2.05) is 11.8 Å². The molecule has 1 aliphatic carbocycles. The molecule has 0 atom stereocenters. The Labute approximate surface area is 326 Å². The summed E-state index contributed by atoms with van der Waals surface area (Å²) in [6.45, 7) is 0. The highest BCUT2D eigenvalue weighted by molar-refractivity contribution is 7.99. The second-order valence-corrected chi connectivity index (χ2v) is 15.5. The van der Waals surface area contributed by atoms with Crippen molar-refractivity contribution in [1.29, 1.82) is 0 Å².